The number of pyridine rings is 1. The van der Waals surface area contributed by atoms with E-state index in [0.29, 0.717) is 80.1 Å². The van der Waals surface area contributed by atoms with Crippen LogP contribution in [0.25, 0.3) is 0 Å². The number of hydrogen-bond acceptors (Lipinski definition) is 8. The van der Waals surface area contributed by atoms with Crippen LogP contribution in [0.4, 0.5) is 10.5 Å². The molecule has 0 bridgehead atoms. The number of nitrogens with zero attached hydrogens (tertiary/aromatic N) is 4. The van der Waals surface area contributed by atoms with Crippen LogP contribution in [-0.2, 0) is 28.8 Å². The second-order valence-corrected chi connectivity index (χ2v) is 13.0. The van der Waals surface area contributed by atoms with Gasteiger partial charge in [0.05, 0.1) is 4.90 Å². The van der Waals surface area contributed by atoms with Gasteiger partial charge in [0.2, 0.25) is 5.78 Å². The molecule has 0 N–H and O–H groups in total. The summed E-state index contributed by atoms with van der Waals surface area (Å²) in [5.41, 5.74) is 3.18. The monoisotopic (exact) mass is 620 g/mol. The summed E-state index contributed by atoms with van der Waals surface area (Å²) in [4.78, 5) is 34.9. The van der Waals surface area contributed by atoms with Crippen molar-refractivity contribution in [1.29, 1.82) is 0 Å². The third-order valence-electron chi connectivity index (χ3n) is 7.36. The van der Waals surface area contributed by atoms with Crippen LogP contribution in [0.3, 0.4) is 0 Å². The molecule has 1 fully saturated rings. The van der Waals surface area contributed by atoms with Crippen molar-refractivity contribution in [2.45, 2.75) is 58.2 Å². The number of carbonyl (C=O) groups excluding carboxylic acids is 2. The Hall–Kier alpha value is -3.96. The number of ketones is 1. The fraction of sp³-hybridized carbons (Fsp3) is 0.424. The Balaban J connectivity index is 0.00000188. The molecule has 3 aromatic rings. The predicted molar refractivity (Wildman–Crippen MR) is 169 cm³/mol. The molecule has 1 atom stereocenters. The Morgan fingerprint density at radius 2 is 1.59 bits per heavy atom. The van der Waals surface area contributed by atoms with Gasteiger partial charge in [-0.3, -0.25) is 9.78 Å². The van der Waals surface area contributed by atoms with Crippen molar-refractivity contribution < 1.29 is 28.0 Å². The van der Waals surface area contributed by atoms with Gasteiger partial charge in [-0.1, -0.05) is 26.0 Å². The molecule has 11 heteroatoms. The highest BCUT2D eigenvalue weighted by Gasteiger charge is 2.29. The van der Waals surface area contributed by atoms with Crippen LogP contribution in [0.2, 0.25) is 0 Å². The summed E-state index contributed by atoms with van der Waals surface area (Å²) < 4.78 is 31.9. The first-order valence-electron chi connectivity index (χ1n) is 15.1. The number of fused-ring (bicyclic) bond motifs is 2. The van der Waals surface area contributed by atoms with E-state index >= 15 is 0 Å². The Morgan fingerprint density at radius 3 is 2.32 bits per heavy atom. The van der Waals surface area contributed by atoms with Crippen molar-refractivity contribution >= 4 is 28.5 Å². The van der Waals surface area contributed by atoms with Crippen LogP contribution in [0, 0.1) is 0 Å². The molecule has 10 nitrogen and oxygen atoms in total. The Kier molecular flexibility index (Phi) is 9.55. The number of amides is 1. The highest BCUT2D eigenvalue weighted by molar-refractivity contribution is 7.82. The van der Waals surface area contributed by atoms with Crippen molar-refractivity contribution in [2.24, 2.45) is 0 Å². The lowest BCUT2D eigenvalue weighted by Crippen LogP contribution is -2.50. The molecule has 234 valence electrons. The van der Waals surface area contributed by atoms with Crippen LogP contribution in [0.5, 0.6) is 11.5 Å². The number of piperazine rings is 1. The zero-order valence-corrected chi connectivity index (χ0v) is 26.8. The summed E-state index contributed by atoms with van der Waals surface area (Å²) in [6.07, 6.45) is 1.41. The average molecular weight is 621 g/mol. The Bertz CT molecular complexity index is 1550. The summed E-state index contributed by atoms with van der Waals surface area (Å²) in [6.45, 7) is 13.8. The largest absolute Gasteiger partial charge is 0.486 e. The fourth-order valence-electron chi connectivity index (χ4n) is 5.24. The topological polar surface area (TPSA) is 102 Å². The van der Waals surface area contributed by atoms with Crippen LogP contribution in [0.15, 0.2) is 59.6 Å². The van der Waals surface area contributed by atoms with Crippen LogP contribution < -0.4 is 14.4 Å². The van der Waals surface area contributed by atoms with Gasteiger partial charge in [0, 0.05) is 62.8 Å². The predicted octanol–water partition coefficient (Wildman–Crippen LogP) is 5.21. The quantitative estimate of drug-likeness (QED) is 0.359. The van der Waals surface area contributed by atoms with Crippen molar-refractivity contribution in [3.05, 3.63) is 77.1 Å². The minimum Gasteiger partial charge on any atom is -0.486 e. The third-order valence-corrected chi connectivity index (χ3v) is 8.75. The van der Waals surface area contributed by atoms with E-state index < -0.39 is 16.6 Å². The summed E-state index contributed by atoms with van der Waals surface area (Å²) in [5.74, 6) is 1.09. The number of hydrogen-bond donors (Lipinski definition) is 0. The van der Waals surface area contributed by atoms with Crippen LogP contribution in [-0.4, -0.2) is 75.3 Å². The lowest BCUT2D eigenvalue weighted by molar-refractivity contribution is 0.0240. The first-order valence-corrected chi connectivity index (χ1v) is 16.2. The molecule has 1 unspecified atom stereocenters. The molecular weight excluding hydrogens is 580 g/mol. The highest BCUT2D eigenvalue weighted by atomic mass is 32.2. The first-order chi connectivity index (χ1) is 21.1. The molecule has 3 aliphatic heterocycles. The van der Waals surface area contributed by atoms with Gasteiger partial charge in [0.15, 0.2) is 11.5 Å². The molecule has 0 spiro atoms. The number of aromatic nitrogens is 1. The molecule has 1 amide bonds. The van der Waals surface area contributed by atoms with Crippen molar-refractivity contribution in [3.8, 4) is 11.5 Å². The van der Waals surface area contributed by atoms with Gasteiger partial charge in [0.1, 0.15) is 35.5 Å². The molecule has 0 saturated carbocycles. The first kappa shape index (κ1) is 31.5. The summed E-state index contributed by atoms with van der Waals surface area (Å²) in [6, 6.07) is 14.7. The van der Waals surface area contributed by atoms with E-state index in [1.165, 1.54) is 0 Å². The molecule has 0 aliphatic carbocycles. The zero-order chi connectivity index (χ0) is 31.4. The van der Waals surface area contributed by atoms with Crippen molar-refractivity contribution in [3.63, 3.8) is 0 Å². The SMILES string of the molecule is CC.CC(C)(C)OC(=O)N1CCN(c2cccc(C(=O)c3cc4c(cn3)CN(S(=O)c3ccc5c(c3)OCCO5)C4)c2)CC1. The fourth-order valence-corrected chi connectivity index (χ4v) is 6.44. The number of carbonyl (C=O) groups is 2. The Morgan fingerprint density at radius 1 is 0.886 bits per heavy atom. The summed E-state index contributed by atoms with van der Waals surface area (Å²) >= 11 is 0. The van der Waals surface area contributed by atoms with Crippen LogP contribution in [0.1, 0.15) is 61.8 Å². The third kappa shape index (κ3) is 7.05. The van der Waals surface area contributed by atoms with E-state index in [4.69, 9.17) is 14.2 Å². The van der Waals surface area contributed by atoms with Crippen molar-refractivity contribution in [2.75, 3.05) is 44.3 Å². The molecule has 0 radical (unpaired) electrons. The number of ether oxygens (including phenoxy) is 3. The van der Waals surface area contributed by atoms with E-state index in [2.05, 4.69) is 9.88 Å². The van der Waals surface area contributed by atoms with Gasteiger partial charge in [-0.15, -0.1) is 0 Å². The lowest BCUT2D eigenvalue weighted by Gasteiger charge is -2.36. The van der Waals surface area contributed by atoms with Crippen molar-refractivity contribution in [1.82, 2.24) is 14.2 Å². The average Bonchev–Trinajstić information content (AvgIpc) is 3.48. The maximum absolute atomic E-state index is 13.5. The molecule has 44 heavy (non-hydrogen) atoms. The maximum Gasteiger partial charge on any atom is 0.410 e. The molecule has 2 aromatic carbocycles. The highest BCUT2D eigenvalue weighted by Crippen LogP contribution is 2.34. The molecule has 1 aromatic heterocycles. The minimum atomic E-state index is -1.41. The minimum absolute atomic E-state index is 0.168. The zero-order valence-electron chi connectivity index (χ0n) is 26.0. The second-order valence-electron chi connectivity index (χ2n) is 11.5. The molecule has 3 aliphatic rings. The second kappa shape index (κ2) is 13.4. The Labute approximate surface area is 261 Å². The number of benzene rings is 2. The molecule has 4 heterocycles. The van der Waals surface area contributed by atoms with E-state index in [0.717, 1.165) is 16.8 Å². The number of anilines is 1. The van der Waals surface area contributed by atoms with Gasteiger partial charge in [0.25, 0.3) is 0 Å². The van der Waals surface area contributed by atoms with Gasteiger partial charge >= 0.3 is 6.09 Å². The number of rotatable bonds is 5. The van der Waals surface area contributed by atoms with Gasteiger partial charge in [-0.05, 0) is 62.2 Å². The van der Waals surface area contributed by atoms with Gasteiger partial charge in [-0.25, -0.2) is 13.3 Å². The normalized spacial score (nSPS) is 16.8. The van der Waals surface area contributed by atoms with E-state index in [-0.39, 0.29) is 11.9 Å². The summed E-state index contributed by atoms with van der Waals surface area (Å²) in [5, 5.41) is 0. The van der Waals surface area contributed by atoms with Gasteiger partial charge < -0.3 is 24.0 Å². The van der Waals surface area contributed by atoms with E-state index in [9.17, 15) is 13.8 Å². The molecule has 6 rings (SSSR count). The van der Waals surface area contributed by atoms with Gasteiger partial charge in [-0.2, -0.15) is 0 Å². The smallest absolute Gasteiger partial charge is 0.410 e. The molecule has 1 saturated heterocycles. The van der Waals surface area contributed by atoms with Crippen LogP contribution >= 0.6 is 0 Å². The van der Waals surface area contributed by atoms with E-state index in [1.54, 1.807) is 35.4 Å². The molecular formula is C33H40N4O6S. The standard InChI is InChI=1S/C31H34N4O6S.C2H6/c1-31(2,3)41-30(37)34-11-9-33(10-12-34)24-6-4-5-21(15-24)29(36)26-16-22-19-35(20-23(22)18-32-26)42(38)25-7-8-27-28(17-25)40-14-13-39-27;1-2/h4-8,15-18H,9-14,19-20H2,1-3H3;1-2H3. The lowest BCUT2D eigenvalue weighted by atomic mass is 10.0. The van der Waals surface area contributed by atoms with E-state index in [1.807, 2.05) is 63.2 Å². The maximum atomic E-state index is 13.5. The summed E-state index contributed by atoms with van der Waals surface area (Å²) in [7, 11) is -1.41.